The lowest BCUT2D eigenvalue weighted by Gasteiger charge is -2.18. The minimum Gasteiger partial charge on any atom is -0.492 e. The maximum absolute atomic E-state index is 12.7. The number of hydrogen-bond donors (Lipinski definition) is 1. The molecule has 0 saturated heterocycles. The smallest absolute Gasteiger partial charge is 0.243 e. The highest BCUT2D eigenvalue weighted by atomic mass is 32.2. The normalized spacial score (nSPS) is 11.7. The molecule has 0 aliphatic rings. The number of carbonyl (C=O) groups is 1. The Labute approximate surface area is 186 Å². The molecule has 0 saturated carbocycles. The number of sulfonamides is 1. The highest BCUT2D eigenvalue weighted by Gasteiger charge is 2.23. The summed E-state index contributed by atoms with van der Waals surface area (Å²) in [5.41, 5.74) is 2.48. The summed E-state index contributed by atoms with van der Waals surface area (Å²) in [7, 11) is -2.35. The zero-order valence-corrected chi connectivity index (χ0v) is 19.8. The number of benzene rings is 2. The Kier molecular flexibility index (Phi) is 9.03. The number of hydrogen-bond acceptors (Lipinski definition) is 5. The number of nitrogens with zero attached hydrogens (tertiary/aromatic N) is 2. The molecule has 0 heterocycles. The number of amides is 1. The van der Waals surface area contributed by atoms with Gasteiger partial charge in [0.2, 0.25) is 15.9 Å². The summed E-state index contributed by atoms with van der Waals surface area (Å²) < 4.78 is 32.3. The monoisotopic (exact) mass is 447 g/mol. The molecular weight excluding hydrogens is 414 g/mol. The lowest BCUT2D eigenvalue weighted by molar-refractivity contribution is -0.116. The lowest BCUT2D eigenvalue weighted by atomic mass is 10.1. The fraction of sp³-hybridized carbons (Fsp3) is 0.435. The molecule has 7 nitrogen and oxygen atoms in total. The van der Waals surface area contributed by atoms with E-state index in [-0.39, 0.29) is 11.4 Å². The van der Waals surface area contributed by atoms with Crippen molar-refractivity contribution in [2.24, 2.45) is 0 Å². The summed E-state index contributed by atoms with van der Waals surface area (Å²) in [6.45, 7) is 11.1. The van der Waals surface area contributed by atoms with Gasteiger partial charge < -0.3 is 15.0 Å². The zero-order valence-electron chi connectivity index (χ0n) is 19.0. The molecule has 0 aliphatic heterocycles. The van der Waals surface area contributed by atoms with E-state index in [1.807, 2.05) is 13.8 Å². The number of nitrogens with one attached hydrogen (secondary N) is 1. The molecule has 0 aromatic heterocycles. The van der Waals surface area contributed by atoms with E-state index in [1.54, 1.807) is 42.5 Å². The van der Waals surface area contributed by atoms with Gasteiger partial charge in [0.1, 0.15) is 12.4 Å². The number of rotatable bonds is 11. The van der Waals surface area contributed by atoms with Crippen LogP contribution in [0.2, 0.25) is 0 Å². The van der Waals surface area contributed by atoms with Gasteiger partial charge in [0.25, 0.3) is 0 Å². The Morgan fingerprint density at radius 3 is 2.23 bits per heavy atom. The van der Waals surface area contributed by atoms with Crippen LogP contribution < -0.4 is 10.1 Å². The molecule has 0 spiro atoms. The molecule has 2 aromatic rings. The number of likely N-dealkylation sites (N-methyl/N-ethyl adjacent to an activating group) is 2. The van der Waals surface area contributed by atoms with Crippen LogP contribution in [-0.4, -0.2) is 63.4 Å². The second-order valence-corrected chi connectivity index (χ2v) is 9.50. The SMILES string of the molecule is CCN(CC)CCOc1ccc(NC(=O)CN(C)S(=O)(=O)c2ccc(C)c(C)c2)cc1. The van der Waals surface area contributed by atoms with Crippen LogP contribution in [-0.2, 0) is 14.8 Å². The zero-order chi connectivity index (χ0) is 23.0. The Balaban J connectivity index is 1.90. The summed E-state index contributed by atoms with van der Waals surface area (Å²) in [5.74, 6) is 0.310. The Morgan fingerprint density at radius 1 is 1.00 bits per heavy atom. The van der Waals surface area contributed by atoms with Crippen LogP contribution >= 0.6 is 0 Å². The summed E-state index contributed by atoms with van der Waals surface area (Å²) in [6, 6.07) is 12.0. The molecule has 0 fully saturated rings. The van der Waals surface area contributed by atoms with Gasteiger partial charge in [-0.3, -0.25) is 4.79 Å². The topological polar surface area (TPSA) is 79.0 Å². The van der Waals surface area contributed by atoms with Crippen LogP contribution in [0.15, 0.2) is 47.4 Å². The molecular formula is C23H33N3O4S. The van der Waals surface area contributed by atoms with Crippen molar-refractivity contribution in [3.63, 3.8) is 0 Å². The van der Waals surface area contributed by atoms with Crippen molar-refractivity contribution in [1.29, 1.82) is 0 Å². The number of aryl methyl sites for hydroxylation is 2. The van der Waals surface area contributed by atoms with Crippen molar-refractivity contribution in [2.45, 2.75) is 32.6 Å². The van der Waals surface area contributed by atoms with Crippen molar-refractivity contribution >= 4 is 21.6 Å². The van der Waals surface area contributed by atoms with Crippen LogP contribution in [0.25, 0.3) is 0 Å². The quantitative estimate of drug-likeness (QED) is 0.572. The van der Waals surface area contributed by atoms with Crippen molar-refractivity contribution in [3.8, 4) is 5.75 Å². The second-order valence-electron chi connectivity index (χ2n) is 7.46. The van der Waals surface area contributed by atoms with Gasteiger partial charge in [-0.15, -0.1) is 0 Å². The maximum atomic E-state index is 12.7. The average molecular weight is 448 g/mol. The highest BCUT2D eigenvalue weighted by Crippen LogP contribution is 2.19. The predicted octanol–water partition coefficient (Wildman–Crippen LogP) is 3.28. The molecule has 0 aliphatic carbocycles. The maximum Gasteiger partial charge on any atom is 0.243 e. The minimum atomic E-state index is -3.75. The molecule has 0 unspecified atom stereocenters. The summed E-state index contributed by atoms with van der Waals surface area (Å²) in [5, 5.41) is 2.73. The van der Waals surface area contributed by atoms with Crippen LogP contribution in [0.1, 0.15) is 25.0 Å². The van der Waals surface area contributed by atoms with Gasteiger partial charge >= 0.3 is 0 Å². The van der Waals surface area contributed by atoms with Gasteiger partial charge in [0, 0.05) is 19.3 Å². The first-order chi connectivity index (χ1) is 14.7. The third kappa shape index (κ3) is 7.05. The number of ether oxygens (including phenoxy) is 1. The first kappa shape index (κ1) is 24.8. The summed E-state index contributed by atoms with van der Waals surface area (Å²) in [4.78, 5) is 14.8. The van der Waals surface area contributed by atoms with E-state index >= 15 is 0 Å². The average Bonchev–Trinajstić information content (AvgIpc) is 2.74. The van der Waals surface area contributed by atoms with E-state index in [1.165, 1.54) is 7.05 Å². The van der Waals surface area contributed by atoms with Crippen LogP contribution in [0.4, 0.5) is 5.69 Å². The van der Waals surface area contributed by atoms with Crippen molar-refractivity contribution in [1.82, 2.24) is 9.21 Å². The molecule has 8 heteroatoms. The van der Waals surface area contributed by atoms with Gasteiger partial charge in [0.15, 0.2) is 0 Å². The molecule has 2 rings (SSSR count). The van der Waals surface area contributed by atoms with Crippen molar-refractivity contribution < 1.29 is 17.9 Å². The Morgan fingerprint density at radius 2 is 1.65 bits per heavy atom. The summed E-state index contributed by atoms with van der Waals surface area (Å²) >= 11 is 0. The molecule has 0 radical (unpaired) electrons. The number of carbonyl (C=O) groups excluding carboxylic acids is 1. The predicted molar refractivity (Wildman–Crippen MR) is 124 cm³/mol. The molecule has 31 heavy (non-hydrogen) atoms. The third-order valence-electron chi connectivity index (χ3n) is 5.26. The largest absolute Gasteiger partial charge is 0.492 e. The van der Waals surface area contributed by atoms with Crippen LogP contribution in [0, 0.1) is 13.8 Å². The first-order valence-corrected chi connectivity index (χ1v) is 11.9. The van der Waals surface area contributed by atoms with Crippen LogP contribution in [0.5, 0.6) is 5.75 Å². The highest BCUT2D eigenvalue weighted by molar-refractivity contribution is 7.89. The van der Waals surface area contributed by atoms with Crippen LogP contribution in [0.3, 0.4) is 0 Å². The molecule has 170 valence electrons. The van der Waals surface area contributed by atoms with E-state index in [2.05, 4.69) is 24.1 Å². The molecule has 0 bridgehead atoms. The van der Waals surface area contributed by atoms with E-state index in [9.17, 15) is 13.2 Å². The van der Waals surface area contributed by atoms with Gasteiger partial charge in [-0.2, -0.15) is 4.31 Å². The Hall–Kier alpha value is -2.42. The van der Waals surface area contributed by atoms with Gasteiger partial charge in [0.05, 0.1) is 11.4 Å². The number of anilines is 1. The minimum absolute atomic E-state index is 0.178. The fourth-order valence-electron chi connectivity index (χ4n) is 3.01. The lowest BCUT2D eigenvalue weighted by Crippen LogP contribution is -2.35. The van der Waals surface area contributed by atoms with E-state index in [0.717, 1.165) is 40.8 Å². The van der Waals surface area contributed by atoms with Crippen molar-refractivity contribution in [2.75, 3.05) is 45.2 Å². The molecule has 2 aromatic carbocycles. The fourth-order valence-corrected chi connectivity index (χ4v) is 4.22. The van der Waals surface area contributed by atoms with E-state index in [4.69, 9.17) is 4.74 Å². The summed E-state index contributed by atoms with van der Waals surface area (Å²) in [6.07, 6.45) is 0. The van der Waals surface area contributed by atoms with Gasteiger partial charge in [-0.05, 0) is 74.5 Å². The van der Waals surface area contributed by atoms with E-state index < -0.39 is 15.9 Å². The second kappa shape index (κ2) is 11.3. The van der Waals surface area contributed by atoms with Crippen molar-refractivity contribution in [3.05, 3.63) is 53.6 Å². The third-order valence-corrected chi connectivity index (χ3v) is 7.06. The Bertz CT molecular complexity index is 971. The van der Waals surface area contributed by atoms with E-state index in [0.29, 0.717) is 12.3 Å². The molecule has 1 N–H and O–H groups in total. The molecule has 1 amide bonds. The van der Waals surface area contributed by atoms with Gasteiger partial charge in [-0.25, -0.2) is 8.42 Å². The van der Waals surface area contributed by atoms with Gasteiger partial charge in [-0.1, -0.05) is 19.9 Å². The molecule has 0 atom stereocenters. The standard InChI is InChI=1S/C23H33N3O4S/c1-6-26(7-2)14-15-30-21-11-9-20(10-12-21)24-23(27)17-25(5)31(28,29)22-13-8-18(3)19(4)16-22/h8-13,16H,6-7,14-15,17H2,1-5H3,(H,24,27). The first-order valence-electron chi connectivity index (χ1n) is 10.5.